The fourth-order valence-corrected chi connectivity index (χ4v) is 1.81. The van der Waals surface area contributed by atoms with E-state index in [1.165, 1.54) is 0 Å². The molecule has 0 radical (unpaired) electrons. The van der Waals surface area contributed by atoms with Crippen LogP contribution in [0.5, 0.6) is 0 Å². The molecule has 14 heavy (non-hydrogen) atoms. The van der Waals surface area contributed by atoms with E-state index in [9.17, 15) is 4.39 Å². The minimum absolute atomic E-state index is 0.106. The zero-order chi connectivity index (χ0) is 10.6. The zero-order valence-corrected chi connectivity index (χ0v) is 9.48. The average Bonchev–Trinajstić information content (AvgIpc) is 2.16. The molecule has 1 aliphatic heterocycles. The van der Waals surface area contributed by atoms with Crippen LogP contribution in [0.4, 0.5) is 4.39 Å². The van der Waals surface area contributed by atoms with E-state index in [1.807, 2.05) is 13.8 Å². The number of alkyl halides is 1. The van der Waals surface area contributed by atoms with Gasteiger partial charge in [-0.05, 0) is 40.2 Å². The third kappa shape index (κ3) is 3.54. The lowest BCUT2D eigenvalue weighted by molar-refractivity contribution is -0.0398. The molecule has 0 aromatic carbocycles. The third-order valence-corrected chi connectivity index (χ3v) is 2.85. The molecule has 1 aliphatic rings. The molecule has 1 heterocycles. The van der Waals surface area contributed by atoms with Gasteiger partial charge in [-0.1, -0.05) is 0 Å². The Balaban J connectivity index is 2.37. The van der Waals surface area contributed by atoms with E-state index >= 15 is 0 Å². The van der Waals surface area contributed by atoms with Crippen LogP contribution < -0.4 is 5.32 Å². The predicted octanol–water partition coefficient (Wildman–Crippen LogP) is 2.14. The van der Waals surface area contributed by atoms with Gasteiger partial charge >= 0.3 is 0 Å². The van der Waals surface area contributed by atoms with Crippen LogP contribution in [0.25, 0.3) is 0 Å². The van der Waals surface area contributed by atoms with Gasteiger partial charge in [0.25, 0.3) is 0 Å². The summed E-state index contributed by atoms with van der Waals surface area (Å²) in [5.41, 5.74) is -1.18. The van der Waals surface area contributed by atoms with Crippen molar-refractivity contribution in [3.05, 3.63) is 0 Å². The molecule has 1 fully saturated rings. The lowest BCUT2D eigenvalue weighted by Crippen LogP contribution is -2.44. The summed E-state index contributed by atoms with van der Waals surface area (Å²) >= 11 is 0. The van der Waals surface area contributed by atoms with Crippen LogP contribution >= 0.6 is 0 Å². The molecule has 2 atom stereocenters. The van der Waals surface area contributed by atoms with Crippen molar-refractivity contribution in [1.82, 2.24) is 5.32 Å². The summed E-state index contributed by atoms with van der Waals surface area (Å²) in [6.07, 6.45) is 2.16. The Morgan fingerprint density at radius 1 is 1.57 bits per heavy atom. The topological polar surface area (TPSA) is 21.3 Å². The molecule has 2 nitrogen and oxygen atoms in total. The third-order valence-electron chi connectivity index (χ3n) is 2.85. The number of ether oxygens (including phenoxy) is 1. The van der Waals surface area contributed by atoms with Crippen molar-refractivity contribution in [1.29, 1.82) is 0 Å². The Morgan fingerprint density at radius 2 is 2.29 bits per heavy atom. The van der Waals surface area contributed by atoms with E-state index in [0.717, 1.165) is 25.9 Å². The molecule has 0 saturated carbocycles. The number of hydrogen-bond donors (Lipinski definition) is 1. The van der Waals surface area contributed by atoms with E-state index in [2.05, 4.69) is 5.32 Å². The first kappa shape index (κ1) is 11.9. The maximum atomic E-state index is 14.2. The molecule has 84 valence electrons. The summed E-state index contributed by atoms with van der Waals surface area (Å²) in [5, 5.41) is 3.23. The van der Waals surface area contributed by atoms with Crippen LogP contribution in [0.2, 0.25) is 0 Å². The number of hydrogen-bond acceptors (Lipinski definition) is 2. The van der Waals surface area contributed by atoms with Gasteiger partial charge in [-0.3, -0.25) is 0 Å². The normalized spacial score (nSPS) is 27.6. The Kier molecular flexibility index (Phi) is 4.32. The van der Waals surface area contributed by atoms with E-state index in [4.69, 9.17) is 4.74 Å². The molecular weight excluding hydrogens is 181 g/mol. The minimum Gasteiger partial charge on any atom is -0.375 e. The minimum atomic E-state index is -1.18. The summed E-state index contributed by atoms with van der Waals surface area (Å²) in [7, 11) is 0. The van der Waals surface area contributed by atoms with Crippen molar-refractivity contribution < 1.29 is 9.13 Å². The van der Waals surface area contributed by atoms with Crippen molar-refractivity contribution in [2.24, 2.45) is 5.92 Å². The molecule has 0 aromatic heterocycles. The number of rotatable bonds is 4. The van der Waals surface area contributed by atoms with Gasteiger partial charge in [0, 0.05) is 12.5 Å². The highest BCUT2D eigenvalue weighted by Gasteiger charge is 2.35. The van der Waals surface area contributed by atoms with Gasteiger partial charge in [-0.15, -0.1) is 0 Å². The molecule has 1 N–H and O–H groups in total. The SMILES string of the molecule is CC(C)OCC(C)(F)C1CCCNC1. The lowest BCUT2D eigenvalue weighted by Gasteiger charge is -2.34. The quantitative estimate of drug-likeness (QED) is 0.756. The number of halogens is 1. The van der Waals surface area contributed by atoms with Gasteiger partial charge < -0.3 is 10.1 Å². The predicted molar refractivity (Wildman–Crippen MR) is 56.2 cm³/mol. The molecule has 1 saturated heterocycles. The Bertz CT molecular complexity index is 165. The Labute approximate surface area is 86.2 Å². The molecule has 0 aromatic rings. The zero-order valence-electron chi connectivity index (χ0n) is 9.48. The lowest BCUT2D eigenvalue weighted by atomic mass is 9.85. The van der Waals surface area contributed by atoms with Crippen molar-refractivity contribution >= 4 is 0 Å². The van der Waals surface area contributed by atoms with Gasteiger partial charge in [0.2, 0.25) is 0 Å². The summed E-state index contributed by atoms with van der Waals surface area (Å²) < 4.78 is 19.5. The molecule has 2 unspecified atom stereocenters. The van der Waals surface area contributed by atoms with E-state index in [-0.39, 0.29) is 18.6 Å². The maximum absolute atomic E-state index is 14.2. The van der Waals surface area contributed by atoms with Crippen LogP contribution in [0.15, 0.2) is 0 Å². The van der Waals surface area contributed by atoms with Crippen LogP contribution in [0.3, 0.4) is 0 Å². The highest BCUT2D eigenvalue weighted by molar-refractivity contribution is 4.86. The number of nitrogens with one attached hydrogen (secondary N) is 1. The second kappa shape index (κ2) is 5.08. The van der Waals surface area contributed by atoms with Crippen molar-refractivity contribution in [2.75, 3.05) is 19.7 Å². The van der Waals surface area contributed by atoms with Gasteiger partial charge in [-0.25, -0.2) is 4.39 Å². The maximum Gasteiger partial charge on any atom is 0.135 e. The van der Waals surface area contributed by atoms with E-state index in [0.29, 0.717) is 0 Å². The smallest absolute Gasteiger partial charge is 0.135 e. The van der Waals surface area contributed by atoms with Gasteiger partial charge in [0.1, 0.15) is 5.67 Å². The number of piperidine rings is 1. The Hall–Kier alpha value is -0.150. The molecular formula is C11H22FNO. The molecule has 0 spiro atoms. The first-order valence-electron chi connectivity index (χ1n) is 5.53. The highest BCUT2D eigenvalue weighted by Crippen LogP contribution is 2.28. The van der Waals surface area contributed by atoms with E-state index in [1.54, 1.807) is 6.92 Å². The van der Waals surface area contributed by atoms with Crippen molar-refractivity contribution in [2.45, 2.75) is 45.4 Å². The summed E-state index contributed by atoms with van der Waals surface area (Å²) in [4.78, 5) is 0. The molecule has 3 heteroatoms. The van der Waals surface area contributed by atoms with Crippen LogP contribution in [-0.4, -0.2) is 31.5 Å². The second-order valence-electron chi connectivity index (χ2n) is 4.68. The Morgan fingerprint density at radius 3 is 2.79 bits per heavy atom. The van der Waals surface area contributed by atoms with Crippen molar-refractivity contribution in [3.63, 3.8) is 0 Å². The first-order chi connectivity index (χ1) is 6.52. The summed E-state index contributed by atoms with van der Waals surface area (Å²) in [5.74, 6) is 0.106. The monoisotopic (exact) mass is 203 g/mol. The van der Waals surface area contributed by atoms with Crippen molar-refractivity contribution in [3.8, 4) is 0 Å². The first-order valence-corrected chi connectivity index (χ1v) is 5.53. The highest BCUT2D eigenvalue weighted by atomic mass is 19.1. The molecule has 0 bridgehead atoms. The van der Waals surface area contributed by atoms with E-state index < -0.39 is 5.67 Å². The van der Waals surface area contributed by atoms with Gasteiger partial charge in [-0.2, -0.15) is 0 Å². The standard InChI is InChI=1S/C11H22FNO/c1-9(2)14-8-11(3,12)10-5-4-6-13-7-10/h9-10,13H,4-8H2,1-3H3. The van der Waals surface area contributed by atoms with Crippen LogP contribution in [-0.2, 0) is 4.74 Å². The van der Waals surface area contributed by atoms with Gasteiger partial charge in [0.15, 0.2) is 0 Å². The molecule has 1 rings (SSSR count). The molecule has 0 amide bonds. The summed E-state index contributed by atoms with van der Waals surface area (Å²) in [6.45, 7) is 7.57. The molecule has 0 aliphatic carbocycles. The largest absolute Gasteiger partial charge is 0.375 e. The second-order valence-corrected chi connectivity index (χ2v) is 4.68. The fourth-order valence-electron chi connectivity index (χ4n) is 1.81. The van der Waals surface area contributed by atoms with Crippen LogP contribution in [0, 0.1) is 5.92 Å². The summed E-state index contributed by atoms with van der Waals surface area (Å²) in [6, 6.07) is 0. The van der Waals surface area contributed by atoms with Crippen LogP contribution in [0.1, 0.15) is 33.6 Å². The average molecular weight is 203 g/mol. The fraction of sp³-hybridized carbons (Fsp3) is 1.00. The van der Waals surface area contributed by atoms with Gasteiger partial charge in [0.05, 0.1) is 12.7 Å².